The maximum atomic E-state index is 11.9. The van der Waals surface area contributed by atoms with Crippen LogP contribution < -0.4 is 0 Å². The van der Waals surface area contributed by atoms with Crippen LogP contribution in [0.15, 0.2) is 34.9 Å². The van der Waals surface area contributed by atoms with Gasteiger partial charge in [0.25, 0.3) is 0 Å². The molecule has 3 N–H and O–H groups in total. The van der Waals surface area contributed by atoms with E-state index in [2.05, 4.69) is 39.8 Å². The lowest BCUT2D eigenvalue weighted by Crippen LogP contribution is -2.55. The molecule has 0 amide bonds. The van der Waals surface area contributed by atoms with Crippen LogP contribution in [0.2, 0.25) is 0 Å². The molecule has 1 saturated heterocycles. The second kappa shape index (κ2) is 16.3. The van der Waals surface area contributed by atoms with Gasteiger partial charge in [-0.2, -0.15) is 0 Å². The van der Waals surface area contributed by atoms with Crippen molar-refractivity contribution in [3.8, 4) is 0 Å². The maximum absolute atomic E-state index is 11.9. The molecule has 0 unspecified atom stereocenters. The van der Waals surface area contributed by atoms with Gasteiger partial charge in [0.1, 0.15) is 12.2 Å². The summed E-state index contributed by atoms with van der Waals surface area (Å²) in [5.74, 6) is 0.243. The SMILES string of the molecule is CC(C)=CC[C@@H]1CC=C(C)[C@@H](CC[C@H](C)CCO[C@@H]2OC[C@H](OC(=O)C=C(C)C)[C@H](O)[C@H]2O)[C@H]1CCC(=O)O. The number of hydrogen-bond donors (Lipinski definition) is 3. The second-order valence-electron chi connectivity index (χ2n) is 11.9. The van der Waals surface area contributed by atoms with E-state index in [-0.39, 0.29) is 13.0 Å². The van der Waals surface area contributed by atoms with Crippen LogP contribution in [0.3, 0.4) is 0 Å². The minimum atomic E-state index is -1.32. The summed E-state index contributed by atoms with van der Waals surface area (Å²) < 4.78 is 16.5. The summed E-state index contributed by atoms with van der Waals surface area (Å²) in [7, 11) is 0. The number of rotatable bonds is 14. The first-order valence-electron chi connectivity index (χ1n) is 14.4. The minimum Gasteiger partial charge on any atom is -0.481 e. The Morgan fingerprint density at radius 2 is 1.82 bits per heavy atom. The Bertz CT molecular complexity index is 883. The lowest BCUT2D eigenvalue weighted by atomic mass is 9.67. The first-order valence-corrected chi connectivity index (χ1v) is 14.4. The van der Waals surface area contributed by atoms with Crippen molar-refractivity contribution in [3.63, 3.8) is 0 Å². The quantitative estimate of drug-likeness (QED) is 0.154. The molecule has 0 radical (unpaired) electrons. The molecule has 0 saturated carbocycles. The zero-order chi connectivity index (χ0) is 29.1. The normalized spacial score (nSPS) is 29.6. The number of aliphatic hydroxyl groups excluding tert-OH is 2. The fourth-order valence-electron chi connectivity index (χ4n) is 5.59. The minimum absolute atomic E-state index is 0.0558. The number of aliphatic hydroxyl groups is 2. The number of esters is 1. The van der Waals surface area contributed by atoms with E-state index in [4.69, 9.17) is 14.2 Å². The predicted molar refractivity (Wildman–Crippen MR) is 150 cm³/mol. The van der Waals surface area contributed by atoms with Gasteiger partial charge in [0.05, 0.1) is 13.2 Å². The van der Waals surface area contributed by atoms with E-state index in [1.54, 1.807) is 13.8 Å². The van der Waals surface area contributed by atoms with Crippen LogP contribution in [0.4, 0.5) is 0 Å². The van der Waals surface area contributed by atoms with Crippen LogP contribution in [-0.4, -0.2) is 65.1 Å². The fourth-order valence-corrected chi connectivity index (χ4v) is 5.59. The third-order valence-electron chi connectivity index (χ3n) is 7.94. The van der Waals surface area contributed by atoms with Gasteiger partial charge in [-0.1, -0.05) is 42.2 Å². The standard InChI is InChI=1S/C31H50O8/c1-19(2)7-10-23-11-9-22(6)24(25(23)13-14-27(32)33)12-8-21(5)15-16-37-31-30(36)29(35)26(18-38-31)39-28(34)17-20(3)4/h7,9,17,21,23-26,29-31,35-36H,8,10-16,18H2,1-6H3,(H,32,33)/t21-,23+,24+,25-,26-,29-,30+,31+/m0/s1. The summed E-state index contributed by atoms with van der Waals surface area (Å²) in [6.45, 7) is 12.4. The molecule has 222 valence electrons. The second-order valence-corrected chi connectivity index (χ2v) is 11.9. The topological polar surface area (TPSA) is 123 Å². The first-order chi connectivity index (χ1) is 18.4. The van der Waals surface area contributed by atoms with Crippen LogP contribution >= 0.6 is 0 Å². The largest absolute Gasteiger partial charge is 0.481 e. The molecule has 1 heterocycles. The molecule has 2 aliphatic rings. The Morgan fingerprint density at radius 3 is 2.46 bits per heavy atom. The summed E-state index contributed by atoms with van der Waals surface area (Å²) >= 11 is 0. The molecule has 2 rings (SSSR count). The van der Waals surface area contributed by atoms with E-state index in [9.17, 15) is 24.9 Å². The molecule has 1 aliphatic carbocycles. The summed E-state index contributed by atoms with van der Waals surface area (Å²) in [4.78, 5) is 23.2. The number of carboxylic acids is 1. The van der Waals surface area contributed by atoms with Crippen molar-refractivity contribution < 1.29 is 39.1 Å². The number of carboxylic acid groups (broad SMARTS) is 1. The molecule has 0 aromatic carbocycles. The molecule has 1 aliphatic heterocycles. The van der Waals surface area contributed by atoms with Gasteiger partial charge in [0, 0.05) is 12.5 Å². The maximum Gasteiger partial charge on any atom is 0.331 e. The zero-order valence-electron chi connectivity index (χ0n) is 24.6. The summed E-state index contributed by atoms with van der Waals surface area (Å²) in [5, 5.41) is 30.2. The Morgan fingerprint density at radius 1 is 1.10 bits per heavy atom. The highest BCUT2D eigenvalue weighted by Crippen LogP contribution is 2.42. The molecule has 8 nitrogen and oxygen atoms in total. The third-order valence-corrected chi connectivity index (χ3v) is 7.94. The van der Waals surface area contributed by atoms with E-state index >= 15 is 0 Å². The smallest absolute Gasteiger partial charge is 0.331 e. The third kappa shape index (κ3) is 11.2. The van der Waals surface area contributed by atoms with Gasteiger partial charge in [0.2, 0.25) is 0 Å². The number of carbonyl (C=O) groups excluding carboxylic acids is 1. The van der Waals surface area contributed by atoms with Gasteiger partial charge in [-0.15, -0.1) is 0 Å². The Hall–Kier alpha value is -2.00. The number of ether oxygens (including phenoxy) is 3. The number of carbonyl (C=O) groups is 2. The van der Waals surface area contributed by atoms with Crippen molar-refractivity contribution in [2.75, 3.05) is 13.2 Å². The molecule has 1 fully saturated rings. The molecule has 8 atom stereocenters. The summed E-state index contributed by atoms with van der Waals surface area (Å²) in [6.07, 6.45) is 7.04. The highest BCUT2D eigenvalue weighted by molar-refractivity contribution is 5.82. The number of hydrogen-bond acceptors (Lipinski definition) is 7. The molecule has 8 heteroatoms. The molecule has 39 heavy (non-hydrogen) atoms. The van der Waals surface area contributed by atoms with Crippen LogP contribution in [-0.2, 0) is 23.8 Å². The lowest BCUT2D eigenvalue weighted by Gasteiger charge is -2.38. The van der Waals surface area contributed by atoms with Gasteiger partial charge in [-0.3, -0.25) is 4.79 Å². The monoisotopic (exact) mass is 550 g/mol. The van der Waals surface area contributed by atoms with Crippen molar-refractivity contribution in [2.24, 2.45) is 23.7 Å². The number of aliphatic carboxylic acids is 1. The Labute approximate surface area is 234 Å². The van der Waals surface area contributed by atoms with Gasteiger partial charge >= 0.3 is 11.9 Å². The van der Waals surface area contributed by atoms with E-state index < -0.39 is 36.5 Å². The molecular weight excluding hydrogens is 500 g/mol. The van der Waals surface area contributed by atoms with Crippen molar-refractivity contribution in [3.05, 3.63) is 34.9 Å². The highest BCUT2D eigenvalue weighted by Gasteiger charge is 2.41. The first kappa shape index (κ1) is 33.2. The van der Waals surface area contributed by atoms with Crippen LogP contribution in [0, 0.1) is 23.7 Å². The summed E-state index contributed by atoms with van der Waals surface area (Å²) in [6, 6.07) is 0. The fraction of sp³-hybridized carbons (Fsp3) is 0.742. The lowest BCUT2D eigenvalue weighted by molar-refractivity contribution is -0.273. The highest BCUT2D eigenvalue weighted by atomic mass is 16.7. The van der Waals surface area contributed by atoms with E-state index in [0.717, 1.165) is 37.7 Å². The number of allylic oxidation sites excluding steroid dienone is 5. The van der Waals surface area contributed by atoms with Crippen molar-refractivity contribution in [1.29, 1.82) is 0 Å². The van der Waals surface area contributed by atoms with Gasteiger partial charge in [-0.05, 0) is 90.4 Å². The summed E-state index contributed by atoms with van der Waals surface area (Å²) in [5.41, 5.74) is 3.44. The van der Waals surface area contributed by atoms with E-state index in [1.165, 1.54) is 17.2 Å². The Balaban J connectivity index is 1.84. The molecule has 0 bridgehead atoms. The van der Waals surface area contributed by atoms with Gasteiger partial charge < -0.3 is 29.5 Å². The van der Waals surface area contributed by atoms with Crippen LogP contribution in [0.1, 0.15) is 86.5 Å². The van der Waals surface area contributed by atoms with Gasteiger partial charge in [0.15, 0.2) is 12.4 Å². The molecular formula is C31H50O8. The zero-order valence-corrected chi connectivity index (χ0v) is 24.6. The van der Waals surface area contributed by atoms with E-state index in [0.29, 0.717) is 36.7 Å². The molecule has 0 aromatic rings. The van der Waals surface area contributed by atoms with E-state index in [1.807, 2.05) is 0 Å². The van der Waals surface area contributed by atoms with Gasteiger partial charge in [-0.25, -0.2) is 4.79 Å². The van der Waals surface area contributed by atoms with Crippen molar-refractivity contribution in [1.82, 2.24) is 0 Å². The van der Waals surface area contributed by atoms with Crippen molar-refractivity contribution >= 4 is 11.9 Å². The van der Waals surface area contributed by atoms with Crippen molar-refractivity contribution in [2.45, 2.75) is 111 Å². The van der Waals surface area contributed by atoms with Crippen LogP contribution in [0.25, 0.3) is 0 Å². The molecule has 0 aromatic heterocycles. The molecule has 0 spiro atoms. The average Bonchev–Trinajstić information content (AvgIpc) is 2.84. The average molecular weight is 551 g/mol. The predicted octanol–water partition coefficient (Wildman–Crippen LogP) is 5.19. The Kier molecular flexibility index (Phi) is 13.9. The van der Waals surface area contributed by atoms with Crippen LogP contribution in [0.5, 0.6) is 0 Å².